The Morgan fingerprint density at radius 2 is 2.31 bits per heavy atom. The summed E-state index contributed by atoms with van der Waals surface area (Å²) in [6, 6.07) is 0. The van der Waals surface area contributed by atoms with E-state index in [9.17, 15) is 4.79 Å². The van der Waals surface area contributed by atoms with Crippen LogP contribution in [0.2, 0.25) is 0 Å². The minimum Gasteiger partial charge on any atom is -0.465 e. The molecular formula is C11H14O2. The van der Waals surface area contributed by atoms with E-state index >= 15 is 0 Å². The highest BCUT2D eigenvalue weighted by molar-refractivity contribution is 5.80. The highest BCUT2D eigenvalue weighted by Crippen LogP contribution is 2.56. The topological polar surface area (TPSA) is 26.3 Å². The highest BCUT2D eigenvalue weighted by Gasteiger charge is 2.58. The zero-order chi connectivity index (χ0) is 9.05. The number of fused-ring (bicyclic) bond motifs is 1. The van der Waals surface area contributed by atoms with Crippen LogP contribution in [-0.2, 0) is 9.53 Å². The monoisotopic (exact) mass is 178 g/mol. The second-order valence-electron chi connectivity index (χ2n) is 4.72. The summed E-state index contributed by atoms with van der Waals surface area (Å²) in [6.45, 7) is 2.74. The van der Waals surface area contributed by atoms with Gasteiger partial charge in [-0.05, 0) is 31.6 Å². The van der Waals surface area contributed by atoms with Gasteiger partial charge in [-0.2, -0.15) is 0 Å². The van der Waals surface area contributed by atoms with Gasteiger partial charge in [0.1, 0.15) is 0 Å². The molecule has 3 aliphatic carbocycles. The third kappa shape index (κ3) is 0.725. The van der Waals surface area contributed by atoms with Gasteiger partial charge in [-0.25, -0.2) is 0 Å². The number of cyclic esters (lactones) is 1. The first-order chi connectivity index (χ1) is 6.23. The molecule has 0 aromatic heterocycles. The maximum atomic E-state index is 11.7. The number of hydrogen-bond acceptors (Lipinski definition) is 2. The molecule has 4 rings (SSSR count). The third-order valence-corrected chi connectivity index (χ3v) is 4.29. The van der Waals surface area contributed by atoms with Crippen LogP contribution in [0.4, 0.5) is 0 Å². The zero-order valence-corrected chi connectivity index (χ0v) is 7.82. The van der Waals surface area contributed by atoms with E-state index in [0.717, 1.165) is 0 Å². The van der Waals surface area contributed by atoms with Crippen molar-refractivity contribution in [3.05, 3.63) is 12.2 Å². The van der Waals surface area contributed by atoms with Gasteiger partial charge < -0.3 is 4.74 Å². The molecule has 0 spiro atoms. The fraction of sp³-hybridized carbons (Fsp3) is 0.727. The molecule has 1 saturated heterocycles. The number of allylic oxidation sites excluding steroid dienone is 2. The number of carbonyl (C=O) groups is 1. The van der Waals surface area contributed by atoms with Crippen LogP contribution >= 0.6 is 0 Å². The van der Waals surface area contributed by atoms with Gasteiger partial charge in [-0.3, -0.25) is 4.79 Å². The van der Waals surface area contributed by atoms with Crippen molar-refractivity contribution in [1.82, 2.24) is 0 Å². The van der Waals surface area contributed by atoms with E-state index in [1.807, 2.05) is 0 Å². The van der Waals surface area contributed by atoms with Crippen molar-refractivity contribution in [3.8, 4) is 0 Å². The summed E-state index contributed by atoms with van der Waals surface area (Å²) < 4.78 is 5.20. The van der Waals surface area contributed by atoms with Gasteiger partial charge in [0.2, 0.25) is 0 Å². The Kier molecular flexibility index (Phi) is 1.27. The van der Waals surface area contributed by atoms with Crippen LogP contribution < -0.4 is 0 Å². The van der Waals surface area contributed by atoms with Crippen LogP contribution in [0, 0.1) is 23.2 Å². The molecule has 2 bridgehead atoms. The molecule has 0 N–H and O–H groups in total. The van der Waals surface area contributed by atoms with Gasteiger partial charge in [-0.15, -0.1) is 0 Å². The number of ether oxygens (including phenoxy) is 1. The van der Waals surface area contributed by atoms with Crippen molar-refractivity contribution in [3.63, 3.8) is 0 Å². The van der Waals surface area contributed by atoms with Gasteiger partial charge >= 0.3 is 5.97 Å². The average molecular weight is 178 g/mol. The van der Waals surface area contributed by atoms with Crippen molar-refractivity contribution in [1.29, 1.82) is 0 Å². The average Bonchev–Trinajstić information content (AvgIpc) is 2.48. The minimum atomic E-state index is -0.183. The van der Waals surface area contributed by atoms with Crippen molar-refractivity contribution in [2.24, 2.45) is 23.2 Å². The van der Waals surface area contributed by atoms with Crippen molar-refractivity contribution in [2.45, 2.75) is 19.8 Å². The van der Waals surface area contributed by atoms with Crippen LogP contribution in [0.25, 0.3) is 0 Å². The molecule has 0 amide bonds. The number of rotatable bonds is 0. The Morgan fingerprint density at radius 3 is 2.92 bits per heavy atom. The molecule has 1 heterocycles. The number of hydrogen-bond donors (Lipinski definition) is 0. The summed E-state index contributed by atoms with van der Waals surface area (Å²) in [5.41, 5.74) is -0.183. The molecule has 4 atom stereocenters. The lowest BCUT2D eigenvalue weighted by atomic mass is 9.55. The number of carbonyl (C=O) groups excluding carboxylic acids is 1. The van der Waals surface area contributed by atoms with E-state index in [1.54, 1.807) is 0 Å². The van der Waals surface area contributed by atoms with Crippen LogP contribution in [0.1, 0.15) is 19.8 Å². The number of esters is 1. The van der Waals surface area contributed by atoms with E-state index in [4.69, 9.17) is 4.74 Å². The van der Waals surface area contributed by atoms with Crippen molar-refractivity contribution < 1.29 is 9.53 Å². The molecule has 2 fully saturated rings. The maximum absolute atomic E-state index is 11.7. The molecule has 0 radical (unpaired) electrons. The zero-order valence-electron chi connectivity index (χ0n) is 7.82. The Hall–Kier alpha value is -0.790. The summed E-state index contributed by atoms with van der Waals surface area (Å²) in [6.07, 6.45) is 6.95. The molecule has 1 aliphatic heterocycles. The first kappa shape index (κ1) is 7.60. The van der Waals surface area contributed by atoms with Gasteiger partial charge in [0.25, 0.3) is 0 Å². The lowest BCUT2D eigenvalue weighted by Gasteiger charge is -2.45. The second kappa shape index (κ2) is 2.17. The van der Waals surface area contributed by atoms with E-state index < -0.39 is 0 Å². The fourth-order valence-corrected chi connectivity index (χ4v) is 3.32. The van der Waals surface area contributed by atoms with Crippen molar-refractivity contribution in [2.75, 3.05) is 6.61 Å². The maximum Gasteiger partial charge on any atom is 0.312 e. The van der Waals surface area contributed by atoms with E-state index in [2.05, 4.69) is 19.1 Å². The summed E-state index contributed by atoms with van der Waals surface area (Å²) >= 11 is 0. The molecule has 0 aromatic rings. The van der Waals surface area contributed by atoms with Gasteiger partial charge in [0.15, 0.2) is 0 Å². The minimum absolute atomic E-state index is 0.0385. The first-order valence-electron chi connectivity index (χ1n) is 5.08. The smallest absolute Gasteiger partial charge is 0.312 e. The molecule has 2 nitrogen and oxygen atoms in total. The Labute approximate surface area is 78.0 Å². The molecule has 4 unspecified atom stereocenters. The van der Waals surface area contributed by atoms with E-state index in [1.165, 1.54) is 12.8 Å². The largest absolute Gasteiger partial charge is 0.465 e. The SMILES string of the molecule is CC12C(=O)OCC1C1C=CC2CC1. The Morgan fingerprint density at radius 1 is 1.46 bits per heavy atom. The predicted molar refractivity (Wildman–Crippen MR) is 47.9 cm³/mol. The van der Waals surface area contributed by atoms with Crippen molar-refractivity contribution >= 4 is 5.97 Å². The predicted octanol–water partition coefficient (Wildman–Crippen LogP) is 1.76. The molecule has 13 heavy (non-hydrogen) atoms. The molecule has 2 heteroatoms. The quantitative estimate of drug-likeness (QED) is 0.417. The molecule has 0 aromatic carbocycles. The normalized spacial score (nSPS) is 52.1. The van der Waals surface area contributed by atoms with Gasteiger partial charge in [-0.1, -0.05) is 12.2 Å². The Bertz CT molecular complexity index is 294. The molecule has 1 saturated carbocycles. The molecule has 70 valence electrons. The first-order valence-corrected chi connectivity index (χ1v) is 5.08. The van der Waals surface area contributed by atoms with E-state index in [0.29, 0.717) is 24.4 Å². The van der Waals surface area contributed by atoms with Crippen LogP contribution in [0.15, 0.2) is 12.2 Å². The fourth-order valence-electron chi connectivity index (χ4n) is 3.32. The van der Waals surface area contributed by atoms with Crippen LogP contribution in [-0.4, -0.2) is 12.6 Å². The van der Waals surface area contributed by atoms with Gasteiger partial charge in [0.05, 0.1) is 12.0 Å². The summed E-state index contributed by atoms with van der Waals surface area (Å²) in [4.78, 5) is 11.7. The van der Waals surface area contributed by atoms with Crippen LogP contribution in [0.5, 0.6) is 0 Å². The second-order valence-corrected chi connectivity index (χ2v) is 4.72. The summed E-state index contributed by atoms with van der Waals surface area (Å²) in [7, 11) is 0. The Balaban J connectivity index is 2.10. The lowest BCUT2D eigenvalue weighted by molar-refractivity contribution is -0.149. The molecule has 4 aliphatic rings. The highest BCUT2D eigenvalue weighted by atomic mass is 16.5. The van der Waals surface area contributed by atoms with E-state index in [-0.39, 0.29) is 11.4 Å². The molecular weight excluding hydrogens is 164 g/mol. The summed E-state index contributed by atoms with van der Waals surface area (Å²) in [5.74, 6) is 1.54. The third-order valence-electron chi connectivity index (χ3n) is 4.29. The summed E-state index contributed by atoms with van der Waals surface area (Å²) in [5, 5.41) is 0. The van der Waals surface area contributed by atoms with Gasteiger partial charge in [0, 0.05) is 5.92 Å². The lowest BCUT2D eigenvalue weighted by Crippen LogP contribution is -2.46. The standard InChI is InChI=1S/C11H14O2/c1-11-8-4-2-7(3-5-8)9(11)6-13-10(11)12/h2,4,7-9H,3,5-6H2,1H3. The van der Waals surface area contributed by atoms with Crippen LogP contribution in [0.3, 0.4) is 0 Å².